The number of aromatic nitrogens is 1. The maximum atomic E-state index is 14.0. The normalized spacial score (nSPS) is 20.0. The van der Waals surface area contributed by atoms with E-state index >= 15 is 0 Å². The number of likely N-dealkylation sites (N-methyl/N-ethyl adjacent to an activating group) is 4. The van der Waals surface area contributed by atoms with E-state index in [2.05, 4.69) is 103 Å². The predicted molar refractivity (Wildman–Crippen MR) is 594 cm³/mol. The number of nitrogens with zero attached hydrogens (tertiary/aromatic N) is 5. The third-order valence-electron chi connectivity index (χ3n) is 30.6. The van der Waals surface area contributed by atoms with E-state index in [1.54, 1.807) is 112 Å². The Kier molecular flexibility index (Phi) is 43.2. The molecule has 0 bridgehead atoms. The highest BCUT2D eigenvalue weighted by Crippen LogP contribution is 2.48. The van der Waals surface area contributed by atoms with Crippen LogP contribution in [0, 0.1) is 23.7 Å². The molecule has 4 aromatic carbocycles. The average molecular weight is 2160 g/mol. The summed E-state index contributed by atoms with van der Waals surface area (Å²) in [5, 5.41) is 42.6. The number of thioether (sulfide) groups is 1. The van der Waals surface area contributed by atoms with Crippen LogP contribution in [0.5, 0.6) is 0 Å². The molecule has 4 saturated carbocycles. The summed E-state index contributed by atoms with van der Waals surface area (Å²) in [5.41, 5.74) is 6.82. The number of halogens is 3. The molecular weight excluding hydrogens is 2000 g/mol. The fraction of sp³-hybridized carbons (Fsp3) is 0.549. The van der Waals surface area contributed by atoms with Gasteiger partial charge in [-0.25, -0.2) is 4.98 Å². The third-order valence-corrected chi connectivity index (χ3v) is 35.8. The Morgan fingerprint density at radius 3 is 1.01 bits per heavy atom. The number of alkyl halides is 3. The molecule has 0 spiro atoms. The topological polar surface area (TPSA) is 375 Å². The van der Waals surface area contributed by atoms with Gasteiger partial charge in [-0.3, -0.25) is 57.5 Å². The summed E-state index contributed by atoms with van der Waals surface area (Å²) in [6.45, 7) is 15.5. The summed E-state index contributed by atoms with van der Waals surface area (Å²) >= 11 is 6.66. The Morgan fingerprint density at radius 1 is 0.367 bits per heavy atom. The molecule has 150 heavy (non-hydrogen) atoms. The minimum Gasteiger partial charge on any atom is -0.343 e. The van der Waals surface area contributed by atoms with Crippen molar-refractivity contribution in [3.8, 4) is 44.6 Å². The number of carbonyl (C=O) groups excluding carboxylic acids is 12. The molecule has 29 nitrogen and oxygen atoms in total. The molecule has 12 atom stereocenters. The summed E-state index contributed by atoms with van der Waals surface area (Å²) in [6, 6.07) is 33.5. The van der Waals surface area contributed by atoms with Crippen LogP contribution in [0.25, 0.3) is 44.6 Å². The molecule has 4 aromatic heterocycles. The lowest BCUT2D eigenvalue weighted by molar-refractivity contribution is -0.142. The fourth-order valence-corrected chi connectivity index (χ4v) is 25.8. The highest BCUT2D eigenvalue weighted by atomic mass is 32.2. The molecule has 8 heterocycles. The van der Waals surface area contributed by atoms with Gasteiger partial charge in [0.1, 0.15) is 68.9 Å². The first-order chi connectivity index (χ1) is 72.1. The van der Waals surface area contributed by atoms with Gasteiger partial charge in [-0.2, -0.15) is 13.2 Å². The molecule has 4 aliphatic carbocycles. The van der Waals surface area contributed by atoms with Crippen LogP contribution >= 0.6 is 57.1 Å². The molecule has 812 valence electrons. The van der Waals surface area contributed by atoms with Gasteiger partial charge < -0.3 is 83.4 Å². The second kappa shape index (κ2) is 55.7. The minimum atomic E-state index is -4.58. The van der Waals surface area contributed by atoms with Gasteiger partial charge in [-0.05, 0) is 217 Å². The second-order valence-electron chi connectivity index (χ2n) is 41.8. The van der Waals surface area contributed by atoms with Crippen LogP contribution in [0.3, 0.4) is 0 Å². The molecule has 37 heteroatoms. The maximum absolute atomic E-state index is 14.0. The Labute approximate surface area is 901 Å². The Morgan fingerprint density at radius 2 is 0.680 bits per heavy atom. The number of rotatable bonds is 33. The zero-order valence-corrected chi connectivity index (χ0v) is 92.6. The maximum Gasteiger partial charge on any atom is 0.426 e. The number of carbonyl (C=O) groups is 12. The number of hydrogen-bond donors (Lipinski definition) is 12. The van der Waals surface area contributed by atoms with E-state index in [1.807, 2.05) is 95.9 Å². The number of nitrogens with one attached hydrogen (secondary N) is 12. The molecular formula is C113H152F3N17O12S5. The van der Waals surface area contributed by atoms with Crippen LogP contribution in [0.15, 0.2) is 148 Å². The lowest BCUT2D eigenvalue weighted by Gasteiger charge is -2.35. The van der Waals surface area contributed by atoms with Crippen molar-refractivity contribution in [1.82, 2.24) is 67.1 Å². The van der Waals surface area contributed by atoms with Crippen LogP contribution in [-0.4, -0.2) is 229 Å². The van der Waals surface area contributed by atoms with Crippen LogP contribution in [0.2, 0.25) is 0 Å². The Bertz CT molecular complexity index is 5740. The van der Waals surface area contributed by atoms with Crippen molar-refractivity contribution >= 4 is 149 Å². The Hall–Kier alpha value is -10.8. The first kappa shape index (κ1) is 116. The molecule has 12 N–H and O–H groups in total. The van der Waals surface area contributed by atoms with Gasteiger partial charge in [0.2, 0.25) is 70.9 Å². The van der Waals surface area contributed by atoms with E-state index in [1.165, 1.54) is 49.6 Å². The van der Waals surface area contributed by atoms with Gasteiger partial charge in [0.15, 0.2) is 4.34 Å². The van der Waals surface area contributed by atoms with Crippen molar-refractivity contribution in [3.05, 3.63) is 153 Å². The monoisotopic (exact) mass is 2160 g/mol. The van der Waals surface area contributed by atoms with Crippen LogP contribution in [-0.2, 0) is 69.1 Å². The number of benzene rings is 4. The fourth-order valence-electron chi connectivity index (χ4n) is 21.5. The molecule has 8 fully saturated rings. The summed E-state index contributed by atoms with van der Waals surface area (Å²) < 4.78 is 42.3. The third kappa shape index (κ3) is 30.2. The summed E-state index contributed by atoms with van der Waals surface area (Å²) in [6.07, 6.45) is 22.5. The molecule has 4 saturated heterocycles. The lowest BCUT2D eigenvalue weighted by Crippen LogP contribution is -2.57. The number of thiazole rings is 1. The van der Waals surface area contributed by atoms with Gasteiger partial charge in [0.05, 0.1) is 35.5 Å². The Balaban J connectivity index is 0.000000167. The van der Waals surface area contributed by atoms with Crippen LogP contribution < -0.4 is 63.8 Å². The molecule has 4 aliphatic heterocycles. The van der Waals surface area contributed by atoms with Crippen molar-refractivity contribution in [3.63, 3.8) is 0 Å². The van der Waals surface area contributed by atoms with Gasteiger partial charge in [0.25, 0.3) is 0 Å². The zero-order chi connectivity index (χ0) is 107. The van der Waals surface area contributed by atoms with E-state index in [9.17, 15) is 70.7 Å². The van der Waals surface area contributed by atoms with Crippen LogP contribution in [0.1, 0.15) is 238 Å². The SMILES string of the molecule is CN[C@@H](C)C(=O)N[C@H](C(=O)N1CCC[C@H]1C(=O)Nc1csc(C(F)(F)F)c1-c1ccccc1)C1CCCCC1.CN[C@@H](C)C(=O)N[C@H](C(=O)N1CCC[C@H]1C(=O)Nc1cscc1-c1ccccc1)C1CCCCC1.CN[C@@H](C)C(=O)N[C@H](C(=O)N1CCC[C@H]1C(=O)Nc1sc(C(C)(C)C)cc1-c1ccccc1)C1CCCCC1.CN[C@@H](C)C(=O)N[C@H](C(=O)N1CCC[C@H]1C(=O)Nc1sc(SC)nc1-c1ccccc1)C1CCCCC1. The highest BCUT2D eigenvalue weighted by molar-refractivity contribution is 8.00. The van der Waals surface area contributed by atoms with Crippen LogP contribution in [0.4, 0.5) is 34.5 Å². The largest absolute Gasteiger partial charge is 0.426 e. The van der Waals surface area contributed by atoms with E-state index < -0.39 is 83.4 Å². The van der Waals surface area contributed by atoms with Gasteiger partial charge in [-0.15, -0.1) is 34.0 Å². The first-order valence-electron chi connectivity index (χ1n) is 53.6. The molecule has 16 rings (SSSR count). The summed E-state index contributed by atoms with van der Waals surface area (Å²) in [4.78, 5) is 173. The van der Waals surface area contributed by atoms with E-state index in [-0.39, 0.29) is 111 Å². The first-order valence-corrected chi connectivity index (χ1v) is 58.3. The van der Waals surface area contributed by atoms with Crippen molar-refractivity contribution in [2.45, 2.75) is 317 Å². The minimum absolute atomic E-state index is 0.0283. The molecule has 0 radical (unpaired) electrons. The lowest BCUT2D eigenvalue weighted by atomic mass is 9.83. The number of amides is 12. The summed E-state index contributed by atoms with van der Waals surface area (Å²) in [7, 11) is 6.87. The number of thiophene rings is 3. The number of hydrogen-bond acceptors (Lipinski definition) is 22. The summed E-state index contributed by atoms with van der Waals surface area (Å²) in [5.74, 6) is -2.30. The van der Waals surface area contributed by atoms with Gasteiger partial charge in [-0.1, -0.05) is 242 Å². The zero-order valence-electron chi connectivity index (χ0n) is 88.5. The molecule has 0 unspecified atom stereocenters. The smallest absolute Gasteiger partial charge is 0.343 e. The molecule has 8 aliphatic rings. The van der Waals surface area contributed by atoms with Gasteiger partial charge >= 0.3 is 6.18 Å². The molecule has 8 aromatic rings. The standard InChI is InChI=1S/C31H44N4O3S.C28H35F3N4O3S.C27H37N5O3S2.C27H36N4O3S/c1-20(32-5)27(36)33-26(22-15-10-7-11-16-22)30(38)35-18-12-17-24(35)28(37)34-29-23(21-13-8-6-9-14-21)19-25(39-29)31(2,3)4;1-17(32-2)25(36)34-23(19-12-7-4-8-13-19)27(38)35-15-9-14-21(35)26(37)33-20-16-39-24(28(29,30)31)22(20)18-10-5-3-6-11-18;1-17(28-2)23(33)29-22(19-13-8-5-9-14-19)26(35)32-16-10-15-20(32)24(34)31-25-21(30-27(36-3)37-25)18-11-6-4-7-12-18;1-18(28-2)25(32)30-24(20-12-7-4-8-13-20)27(34)31-15-9-14-23(31)26(33)29-22-17-35-16-21(22)19-10-5-3-6-11-19/h6,8-9,13-14,19-20,22,24,26,32H,7,10-12,15-18H2,1-5H3,(H,33,36)(H,34,37);3,5-6,10-11,16-17,19,21,23,32H,4,7-9,12-15H2,1-2H3,(H,33,37)(H,34,36);4,6-7,11-12,17,19-20,22,28H,5,8-10,13-16H2,1-3H3,(H,29,33)(H,31,34);3,5-6,10-11,16-18,20,23-24,28H,4,7-9,12-15H2,1-2H3,(H,29,33)(H,30,32)/t20-,24-,26-;17-,21-,23-;17-,20-,22-;18-,23-,24-/m0000/s1. The second-order valence-corrected chi connectivity index (χ2v) is 46.5. The highest BCUT2D eigenvalue weighted by Gasteiger charge is 2.48. The predicted octanol–water partition coefficient (Wildman–Crippen LogP) is 18.5. The number of anilines is 4. The molecule has 12 amide bonds. The quantitative estimate of drug-likeness (QED) is 0.0170. The van der Waals surface area contributed by atoms with Gasteiger partial charge in [0, 0.05) is 69.5 Å². The van der Waals surface area contributed by atoms with E-state index in [0.717, 1.165) is 196 Å². The van der Waals surface area contributed by atoms with E-state index in [4.69, 9.17) is 4.98 Å². The van der Waals surface area contributed by atoms with E-state index in [0.29, 0.717) is 80.2 Å². The number of likely N-dealkylation sites (tertiary alicyclic amines) is 4. The average Bonchev–Trinajstić information content (AvgIpc) is 1.64. The van der Waals surface area contributed by atoms with Crippen molar-refractivity contribution in [2.75, 3.05) is 81.9 Å². The van der Waals surface area contributed by atoms with Crippen molar-refractivity contribution in [1.29, 1.82) is 0 Å². The van der Waals surface area contributed by atoms with Crippen molar-refractivity contribution < 1.29 is 70.7 Å². The van der Waals surface area contributed by atoms with Crippen molar-refractivity contribution in [2.24, 2.45) is 23.7 Å².